The Morgan fingerprint density at radius 2 is 2.08 bits per heavy atom. The molecule has 0 aliphatic heterocycles. The van der Waals surface area contributed by atoms with Crippen molar-refractivity contribution in [3.63, 3.8) is 0 Å². The topological polar surface area (TPSA) is 44.8 Å². The Morgan fingerprint density at radius 1 is 1.42 bits per heavy atom. The summed E-state index contributed by atoms with van der Waals surface area (Å²) in [6.07, 6.45) is 0. The van der Waals surface area contributed by atoms with Crippen LogP contribution in [-0.2, 0) is 0 Å². The van der Waals surface area contributed by atoms with Crippen LogP contribution in [0.15, 0.2) is 18.2 Å². The molecule has 12 heavy (non-hydrogen) atoms. The lowest BCUT2D eigenvalue weighted by atomic mass is 9.80. The Bertz CT molecular complexity index is 335. The fourth-order valence-electron chi connectivity index (χ4n) is 0.776. The molecule has 1 rings (SSSR count). The van der Waals surface area contributed by atoms with E-state index in [1.807, 2.05) is 0 Å². The highest BCUT2D eigenvalue weighted by Gasteiger charge is 2.12. The average Bonchev–Trinajstić information content (AvgIpc) is 2.05. The van der Waals surface area contributed by atoms with E-state index in [2.05, 4.69) is 4.85 Å². The van der Waals surface area contributed by atoms with Crippen molar-refractivity contribution in [2.75, 3.05) is 0 Å². The molecule has 2 N–H and O–H groups in total. The van der Waals surface area contributed by atoms with Crippen molar-refractivity contribution in [1.29, 1.82) is 0 Å². The number of halogens is 1. The summed E-state index contributed by atoms with van der Waals surface area (Å²) in [5.74, 6) is 0. The van der Waals surface area contributed by atoms with Gasteiger partial charge in [-0.25, -0.2) is 4.85 Å². The highest BCUT2D eigenvalue weighted by atomic mass is 35.5. The maximum atomic E-state index is 8.74. The lowest BCUT2D eigenvalue weighted by Gasteiger charge is -2.00. The molecule has 0 saturated carbocycles. The first-order valence-electron chi connectivity index (χ1n) is 3.18. The van der Waals surface area contributed by atoms with Gasteiger partial charge in [-0.3, -0.25) is 0 Å². The van der Waals surface area contributed by atoms with Crippen molar-refractivity contribution in [1.82, 2.24) is 0 Å². The van der Waals surface area contributed by atoms with E-state index in [-0.39, 0.29) is 11.2 Å². The summed E-state index contributed by atoms with van der Waals surface area (Å²) in [6, 6.07) is 4.27. The summed E-state index contributed by atoms with van der Waals surface area (Å²) in [4.78, 5) is 3.11. The van der Waals surface area contributed by atoms with E-state index in [9.17, 15) is 0 Å². The number of hydrogen-bond acceptors (Lipinski definition) is 2. The molecule has 0 aromatic heterocycles. The molecule has 0 saturated heterocycles. The molecule has 3 nitrogen and oxygen atoms in total. The molecule has 0 fully saturated rings. The minimum Gasteiger partial charge on any atom is -0.423 e. The molecule has 0 radical (unpaired) electrons. The van der Waals surface area contributed by atoms with Crippen molar-refractivity contribution in [2.45, 2.75) is 0 Å². The second-order valence-electron chi connectivity index (χ2n) is 2.20. The van der Waals surface area contributed by atoms with Crippen molar-refractivity contribution >= 4 is 29.9 Å². The van der Waals surface area contributed by atoms with E-state index in [0.29, 0.717) is 5.02 Å². The van der Waals surface area contributed by atoms with E-state index in [4.69, 9.17) is 28.2 Å². The third-order valence-corrected chi connectivity index (χ3v) is 1.71. The van der Waals surface area contributed by atoms with Crippen molar-refractivity contribution < 1.29 is 10.0 Å². The second kappa shape index (κ2) is 3.59. The van der Waals surface area contributed by atoms with Gasteiger partial charge in [0.1, 0.15) is 0 Å². The monoisotopic (exact) mass is 181 g/mol. The summed E-state index contributed by atoms with van der Waals surface area (Å²) in [5.41, 5.74) is 0.493. The van der Waals surface area contributed by atoms with Gasteiger partial charge < -0.3 is 10.0 Å². The smallest absolute Gasteiger partial charge is 0.423 e. The molecule has 0 bridgehead atoms. The predicted octanol–water partition coefficient (Wildman–Crippen LogP) is 0.571. The lowest BCUT2D eigenvalue weighted by Crippen LogP contribution is -2.29. The van der Waals surface area contributed by atoms with Gasteiger partial charge in [0, 0.05) is 5.02 Å². The molecular weight excluding hydrogens is 176 g/mol. The summed E-state index contributed by atoms with van der Waals surface area (Å²) in [7, 11) is -1.55. The molecule has 0 aliphatic rings. The molecule has 60 valence electrons. The number of benzene rings is 1. The van der Waals surface area contributed by atoms with Crippen LogP contribution in [0.1, 0.15) is 0 Å². The SMILES string of the molecule is [C-]#[N+]c1cc(B(O)O)ccc1Cl. The molecule has 1 aromatic rings. The van der Waals surface area contributed by atoms with Crippen LogP contribution >= 0.6 is 11.6 Å². The highest BCUT2D eigenvalue weighted by Crippen LogP contribution is 2.22. The molecule has 0 heterocycles. The van der Waals surface area contributed by atoms with E-state index in [1.165, 1.54) is 18.2 Å². The van der Waals surface area contributed by atoms with Crippen LogP contribution in [0.2, 0.25) is 5.02 Å². The van der Waals surface area contributed by atoms with Crippen LogP contribution in [0, 0.1) is 6.57 Å². The van der Waals surface area contributed by atoms with Gasteiger partial charge in [-0.05, 0) is 5.46 Å². The zero-order valence-electron chi connectivity index (χ0n) is 6.03. The Labute approximate surface area is 75.2 Å². The van der Waals surface area contributed by atoms with Crippen LogP contribution in [0.5, 0.6) is 0 Å². The largest absolute Gasteiger partial charge is 0.487 e. The van der Waals surface area contributed by atoms with Gasteiger partial charge in [0.2, 0.25) is 5.69 Å². The molecule has 0 amide bonds. The molecule has 5 heteroatoms. The molecule has 0 spiro atoms. The van der Waals surface area contributed by atoms with Crippen molar-refractivity contribution in [2.24, 2.45) is 0 Å². The maximum Gasteiger partial charge on any atom is 0.487 e. The van der Waals surface area contributed by atoms with Crippen LogP contribution < -0.4 is 5.46 Å². The summed E-state index contributed by atoms with van der Waals surface area (Å²) >= 11 is 5.62. The van der Waals surface area contributed by atoms with Gasteiger partial charge >= 0.3 is 7.12 Å². The fourth-order valence-corrected chi connectivity index (χ4v) is 0.936. The summed E-state index contributed by atoms with van der Waals surface area (Å²) in [5, 5.41) is 17.8. The predicted molar refractivity (Wildman–Crippen MR) is 47.5 cm³/mol. The second-order valence-corrected chi connectivity index (χ2v) is 2.60. The summed E-state index contributed by atoms with van der Waals surface area (Å²) in [6.45, 7) is 6.70. The Balaban J connectivity index is 3.16. The van der Waals surface area contributed by atoms with Gasteiger partial charge in [0.05, 0.1) is 6.57 Å². The normalized spacial score (nSPS) is 9.17. The molecule has 0 aliphatic carbocycles. The van der Waals surface area contributed by atoms with Crippen LogP contribution in [0.25, 0.3) is 4.85 Å². The average molecular weight is 181 g/mol. The Morgan fingerprint density at radius 3 is 2.58 bits per heavy atom. The number of hydrogen-bond donors (Lipinski definition) is 2. The van der Waals surface area contributed by atoms with E-state index in [0.717, 1.165) is 0 Å². The fraction of sp³-hybridized carbons (Fsp3) is 0. The first-order chi connectivity index (χ1) is 5.65. The van der Waals surface area contributed by atoms with Crippen LogP contribution in [-0.4, -0.2) is 17.2 Å². The lowest BCUT2D eigenvalue weighted by molar-refractivity contribution is 0.426. The minimum absolute atomic E-state index is 0.224. The number of nitrogens with zero attached hydrogens (tertiary/aromatic N) is 1. The third-order valence-electron chi connectivity index (χ3n) is 1.39. The Kier molecular flexibility index (Phi) is 2.72. The molecule has 1 aromatic carbocycles. The van der Waals surface area contributed by atoms with Gasteiger partial charge in [-0.1, -0.05) is 29.8 Å². The zero-order valence-corrected chi connectivity index (χ0v) is 6.78. The van der Waals surface area contributed by atoms with E-state index >= 15 is 0 Å². The van der Waals surface area contributed by atoms with Gasteiger partial charge in [0.15, 0.2) is 0 Å². The molecular formula is C7H5BClNO2. The van der Waals surface area contributed by atoms with Gasteiger partial charge in [0.25, 0.3) is 0 Å². The standard InChI is InChI=1S/C7H5BClNO2/c1-10-7-4-5(8(11)12)2-3-6(7)9/h2-4,11-12H. The zero-order chi connectivity index (χ0) is 9.14. The van der Waals surface area contributed by atoms with E-state index < -0.39 is 7.12 Å². The molecule has 0 unspecified atom stereocenters. The van der Waals surface area contributed by atoms with Gasteiger partial charge in [-0.2, -0.15) is 0 Å². The van der Waals surface area contributed by atoms with Crippen molar-refractivity contribution in [3.8, 4) is 0 Å². The van der Waals surface area contributed by atoms with Crippen LogP contribution in [0.3, 0.4) is 0 Å². The van der Waals surface area contributed by atoms with Gasteiger partial charge in [-0.15, -0.1) is 0 Å². The summed E-state index contributed by atoms with van der Waals surface area (Å²) < 4.78 is 0. The Hall–Kier alpha value is -1.02. The number of rotatable bonds is 1. The van der Waals surface area contributed by atoms with Crippen LogP contribution in [0.4, 0.5) is 5.69 Å². The molecule has 0 atom stereocenters. The van der Waals surface area contributed by atoms with E-state index in [1.54, 1.807) is 0 Å². The first-order valence-corrected chi connectivity index (χ1v) is 3.56. The maximum absolute atomic E-state index is 8.74. The first kappa shape index (κ1) is 9.08. The quantitative estimate of drug-likeness (QED) is 0.491. The third kappa shape index (κ3) is 1.77. The minimum atomic E-state index is -1.55. The highest BCUT2D eigenvalue weighted by molar-refractivity contribution is 6.58. The van der Waals surface area contributed by atoms with Crippen molar-refractivity contribution in [3.05, 3.63) is 34.6 Å².